The van der Waals surface area contributed by atoms with E-state index in [9.17, 15) is 4.39 Å². The maximum absolute atomic E-state index is 13.3. The third kappa shape index (κ3) is 2.84. The molecule has 1 atom stereocenters. The van der Waals surface area contributed by atoms with Crippen molar-refractivity contribution in [1.82, 2.24) is 9.78 Å². The van der Waals surface area contributed by atoms with Gasteiger partial charge in [-0.3, -0.25) is 4.68 Å². The van der Waals surface area contributed by atoms with Gasteiger partial charge in [0.2, 0.25) is 0 Å². The Morgan fingerprint density at radius 3 is 2.88 bits per heavy atom. The molecule has 0 aliphatic heterocycles. The maximum Gasteiger partial charge on any atom is 0.142 e. The molecule has 1 heterocycles. The predicted octanol–water partition coefficient (Wildman–Crippen LogP) is 2.46. The summed E-state index contributed by atoms with van der Waals surface area (Å²) in [5, 5.41) is 4.17. The lowest BCUT2D eigenvalue weighted by molar-refractivity contribution is 0.619. The number of benzene rings is 1. The van der Waals surface area contributed by atoms with Crippen LogP contribution in [0.15, 0.2) is 30.6 Å². The Morgan fingerprint density at radius 1 is 1.53 bits per heavy atom. The number of halogens is 2. The molecule has 0 fully saturated rings. The van der Waals surface area contributed by atoms with Gasteiger partial charge in [-0.1, -0.05) is 17.7 Å². The van der Waals surface area contributed by atoms with E-state index in [0.717, 1.165) is 11.1 Å². The van der Waals surface area contributed by atoms with Crippen LogP contribution in [0.2, 0.25) is 5.02 Å². The van der Waals surface area contributed by atoms with E-state index in [1.807, 2.05) is 13.2 Å². The average Bonchev–Trinajstić information content (AvgIpc) is 2.68. The number of rotatable bonds is 3. The molecule has 0 bridgehead atoms. The SMILES string of the molecule is Cn1cc(CC(N)c2ccc(Cl)c(F)c2)cn1. The summed E-state index contributed by atoms with van der Waals surface area (Å²) in [5.74, 6) is -0.439. The Hall–Kier alpha value is -1.39. The van der Waals surface area contributed by atoms with E-state index in [1.165, 1.54) is 12.1 Å². The summed E-state index contributed by atoms with van der Waals surface area (Å²) in [7, 11) is 1.84. The van der Waals surface area contributed by atoms with E-state index >= 15 is 0 Å². The molecule has 2 rings (SSSR count). The molecule has 1 unspecified atom stereocenters. The minimum atomic E-state index is -0.439. The first-order valence-corrected chi connectivity index (χ1v) is 5.62. The van der Waals surface area contributed by atoms with Crippen molar-refractivity contribution in [3.05, 3.63) is 52.6 Å². The maximum atomic E-state index is 13.3. The minimum Gasteiger partial charge on any atom is -0.324 e. The molecule has 1 aromatic carbocycles. The van der Waals surface area contributed by atoms with Crippen LogP contribution in [0.1, 0.15) is 17.2 Å². The summed E-state index contributed by atoms with van der Waals surface area (Å²) >= 11 is 5.62. The first-order valence-electron chi connectivity index (χ1n) is 5.24. The fourth-order valence-electron chi connectivity index (χ4n) is 1.69. The first kappa shape index (κ1) is 12.1. The number of nitrogens with two attached hydrogens (primary N) is 1. The van der Waals surface area contributed by atoms with E-state index in [2.05, 4.69) is 5.10 Å². The van der Waals surface area contributed by atoms with Crippen molar-refractivity contribution < 1.29 is 4.39 Å². The van der Waals surface area contributed by atoms with Gasteiger partial charge in [-0.25, -0.2) is 4.39 Å². The van der Waals surface area contributed by atoms with Gasteiger partial charge in [-0.15, -0.1) is 0 Å². The lowest BCUT2D eigenvalue weighted by Crippen LogP contribution is -2.13. The highest BCUT2D eigenvalue weighted by molar-refractivity contribution is 6.30. The van der Waals surface area contributed by atoms with Crippen LogP contribution >= 0.6 is 11.6 Å². The van der Waals surface area contributed by atoms with Gasteiger partial charge in [0.1, 0.15) is 5.82 Å². The summed E-state index contributed by atoms with van der Waals surface area (Å²) in [4.78, 5) is 0. The largest absolute Gasteiger partial charge is 0.324 e. The van der Waals surface area contributed by atoms with Crippen molar-refractivity contribution in [3.8, 4) is 0 Å². The van der Waals surface area contributed by atoms with E-state index in [0.29, 0.717) is 6.42 Å². The molecule has 0 aliphatic rings. The monoisotopic (exact) mass is 253 g/mol. The lowest BCUT2D eigenvalue weighted by Gasteiger charge is -2.11. The molecule has 3 nitrogen and oxygen atoms in total. The lowest BCUT2D eigenvalue weighted by atomic mass is 10.0. The van der Waals surface area contributed by atoms with E-state index in [-0.39, 0.29) is 11.1 Å². The molecule has 17 heavy (non-hydrogen) atoms. The average molecular weight is 254 g/mol. The topological polar surface area (TPSA) is 43.8 Å². The van der Waals surface area contributed by atoms with Gasteiger partial charge >= 0.3 is 0 Å². The third-order valence-electron chi connectivity index (χ3n) is 2.59. The van der Waals surface area contributed by atoms with Crippen LogP contribution < -0.4 is 5.73 Å². The highest BCUT2D eigenvalue weighted by Crippen LogP contribution is 2.21. The molecule has 5 heteroatoms. The molecule has 0 spiro atoms. The van der Waals surface area contributed by atoms with Crippen molar-refractivity contribution in [2.45, 2.75) is 12.5 Å². The van der Waals surface area contributed by atoms with Crippen molar-refractivity contribution in [2.75, 3.05) is 0 Å². The molecule has 1 aromatic heterocycles. The Morgan fingerprint density at radius 2 is 2.29 bits per heavy atom. The van der Waals surface area contributed by atoms with Crippen LogP contribution in [-0.2, 0) is 13.5 Å². The Labute approximate surface area is 104 Å². The van der Waals surface area contributed by atoms with Crippen molar-refractivity contribution in [1.29, 1.82) is 0 Å². The van der Waals surface area contributed by atoms with Gasteiger partial charge in [0, 0.05) is 19.3 Å². The quantitative estimate of drug-likeness (QED) is 0.913. The van der Waals surface area contributed by atoms with Crippen molar-refractivity contribution in [2.24, 2.45) is 12.8 Å². The number of hydrogen-bond donors (Lipinski definition) is 1. The van der Waals surface area contributed by atoms with Crippen molar-refractivity contribution >= 4 is 11.6 Å². The van der Waals surface area contributed by atoms with Crippen LogP contribution in [-0.4, -0.2) is 9.78 Å². The zero-order chi connectivity index (χ0) is 12.4. The van der Waals surface area contributed by atoms with Crippen LogP contribution in [0, 0.1) is 5.82 Å². The standard InChI is InChI=1S/C12H13ClFN3/c1-17-7-8(6-16-17)4-12(15)9-2-3-10(13)11(14)5-9/h2-3,5-7,12H,4,15H2,1H3. The highest BCUT2D eigenvalue weighted by Gasteiger charge is 2.10. The molecule has 2 N–H and O–H groups in total. The van der Waals surface area contributed by atoms with Gasteiger partial charge in [0.05, 0.1) is 11.2 Å². The fraction of sp³-hybridized carbons (Fsp3) is 0.250. The van der Waals surface area contributed by atoms with E-state index < -0.39 is 5.82 Å². The Balaban J connectivity index is 2.14. The highest BCUT2D eigenvalue weighted by atomic mass is 35.5. The van der Waals surface area contributed by atoms with Gasteiger partial charge in [0.25, 0.3) is 0 Å². The molecular formula is C12H13ClFN3. The Kier molecular flexibility index (Phi) is 3.45. The zero-order valence-electron chi connectivity index (χ0n) is 9.40. The zero-order valence-corrected chi connectivity index (χ0v) is 10.2. The van der Waals surface area contributed by atoms with Crippen molar-refractivity contribution in [3.63, 3.8) is 0 Å². The normalized spacial score (nSPS) is 12.7. The fourth-order valence-corrected chi connectivity index (χ4v) is 1.81. The summed E-state index contributed by atoms with van der Waals surface area (Å²) in [6.45, 7) is 0. The minimum absolute atomic E-state index is 0.113. The van der Waals surface area contributed by atoms with Crippen LogP contribution in [0.5, 0.6) is 0 Å². The number of nitrogens with zero attached hydrogens (tertiary/aromatic N) is 2. The number of hydrogen-bond acceptors (Lipinski definition) is 2. The van der Waals surface area contributed by atoms with Gasteiger partial charge in [-0.05, 0) is 29.7 Å². The molecule has 0 amide bonds. The molecular weight excluding hydrogens is 241 g/mol. The summed E-state index contributed by atoms with van der Waals surface area (Å²) in [5.41, 5.74) is 7.76. The Bertz CT molecular complexity index is 524. The molecule has 90 valence electrons. The number of aromatic nitrogens is 2. The van der Waals surface area contributed by atoms with Gasteiger partial charge in [0.15, 0.2) is 0 Å². The van der Waals surface area contributed by atoms with Gasteiger partial charge < -0.3 is 5.73 Å². The second kappa shape index (κ2) is 4.85. The first-order chi connectivity index (χ1) is 8.06. The second-order valence-electron chi connectivity index (χ2n) is 4.01. The third-order valence-corrected chi connectivity index (χ3v) is 2.89. The summed E-state index contributed by atoms with van der Waals surface area (Å²) in [6, 6.07) is 4.39. The summed E-state index contributed by atoms with van der Waals surface area (Å²) < 4.78 is 15.0. The smallest absolute Gasteiger partial charge is 0.142 e. The molecule has 0 aliphatic carbocycles. The van der Waals surface area contributed by atoms with E-state index in [1.54, 1.807) is 16.9 Å². The van der Waals surface area contributed by atoms with Gasteiger partial charge in [-0.2, -0.15) is 5.10 Å². The van der Waals surface area contributed by atoms with Crippen LogP contribution in [0.25, 0.3) is 0 Å². The van der Waals surface area contributed by atoms with Crippen LogP contribution in [0.4, 0.5) is 4.39 Å². The molecule has 0 saturated carbocycles. The summed E-state index contributed by atoms with van der Waals surface area (Å²) in [6.07, 6.45) is 4.27. The molecule has 2 aromatic rings. The predicted molar refractivity (Wildman–Crippen MR) is 65.3 cm³/mol. The molecule has 0 saturated heterocycles. The second-order valence-corrected chi connectivity index (χ2v) is 4.41. The van der Waals surface area contributed by atoms with Crippen LogP contribution in [0.3, 0.4) is 0 Å². The molecule has 0 radical (unpaired) electrons. The number of aryl methyl sites for hydroxylation is 1. The van der Waals surface area contributed by atoms with E-state index in [4.69, 9.17) is 17.3 Å².